The Kier molecular flexibility index (Phi) is 3.87. The molecule has 0 aromatic heterocycles. The van der Waals surface area contributed by atoms with Crippen molar-refractivity contribution in [3.63, 3.8) is 0 Å². The largest absolute Gasteiger partial charge is 0.496 e. The number of nitrogens with two attached hydrogens (primary N) is 1. The van der Waals surface area contributed by atoms with E-state index in [0.29, 0.717) is 12.0 Å². The molecule has 2 N–H and O–H groups in total. The predicted octanol–water partition coefficient (Wildman–Crippen LogP) is 2.80. The van der Waals surface area contributed by atoms with Crippen LogP contribution in [0, 0.1) is 0 Å². The molecule has 0 amide bonds. The van der Waals surface area contributed by atoms with Gasteiger partial charge in [0.05, 0.1) is 7.11 Å². The molecular weight excluding hydrogens is 222 g/mol. The highest BCUT2D eigenvalue weighted by atomic mass is 35.5. The lowest BCUT2D eigenvalue weighted by molar-refractivity contribution is 0.409. The summed E-state index contributed by atoms with van der Waals surface area (Å²) in [5.74, 6) is 0.939. The molecule has 3 heteroatoms. The molecule has 0 saturated heterocycles. The van der Waals surface area contributed by atoms with E-state index >= 15 is 0 Å². The molecule has 2 rings (SSSR count). The molecule has 1 aliphatic rings. The Hall–Kier alpha value is -0.730. The van der Waals surface area contributed by atoms with Crippen LogP contribution in [0.15, 0.2) is 12.1 Å². The van der Waals surface area contributed by atoms with E-state index in [1.165, 1.54) is 23.1 Å². The van der Waals surface area contributed by atoms with Crippen LogP contribution in [0.3, 0.4) is 0 Å². The number of fused-ring (bicyclic) bond motifs is 1. The summed E-state index contributed by atoms with van der Waals surface area (Å²) in [6.07, 6.45) is 2.34. The summed E-state index contributed by atoms with van der Waals surface area (Å²) in [5.41, 5.74) is 10.2. The highest BCUT2D eigenvalue weighted by Crippen LogP contribution is 2.42. The fourth-order valence-corrected chi connectivity index (χ4v) is 2.58. The van der Waals surface area contributed by atoms with Gasteiger partial charge in [0.25, 0.3) is 0 Å². The molecule has 0 radical (unpaired) electrons. The molecule has 1 aromatic rings. The number of hydrogen-bond donors (Lipinski definition) is 1. The highest BCUT2D eigenvalue weighted by Gasteiger charge is 2.31. The Labute approximate surface area is 104 Å². The molecule has 0 unspecified atom stereocenters. The minimum Gasteiger partial charge on any atom is -0.496 e. The Morgan fingerprint density at radius 1 is 1.38 bits per heavy atom. The smallest absolute Gasteiger partial charge is 0.123 e. The zero-order valence-electron chi connectivity index (χ0n) is 10.2. The van der Waals surface area contributed by atoms with E-state index in [1.54, 1.807) is 7.11 Å². The van der Waals surface area contributed by atoms with Crippen molar-refractivity contribution < 1.29 is 4.74 Å². The van der Waals surface area contributed by atoms with E-state index in [0.717, 1.165) is 12.2 Å². The van der Waals surface area contributed by atoms with Gasteiger partial charge in [-0.15, -0.1) is 12.4 Å². The molecule has 0 heterocycles. The normalized spacial score (nSPS) is 16.5. The summed E-state index contributed by atoms with van der Waals surface area (Å²) in [7, 11) is 1.71. The monoisotopic (exact) mass is 241 g/mol. The van der Waals surface area contributed by atoms with Crippen LogP contribution in [-0.4, -0.2) is 7.11 Å². The Morgan fingerprint density at radius 2 is 2.06 bits per heavy atom. The first-order chi connectivity index (χ1) is 7.10. The van der Waals surface area contributed by atoms with E-state index in [2.05, 4.69) is 19.9 Å². The molecule has 0 aliphatic heterocycles. The van der Waals surface area contributed by atoms with Gasteiger partial charge in [0.2, 0.25) is 0 Å². The number of halogens is 1. The van der Waals surface area contributed by atoms with Crippen LogP contribution >= 0.6 is 12.4 Å². The standard InChI is InChI=1S/C13H19NO.ClH/c1-13(2)7-6-9-10(8-14)12(15-3)5-4-11(9)13;/h4-5H,6-8,14H2,1-3H3;1H. The van der Waals surface area contributed by atoms with Gasteiger partial charge in [-0.25, -0.2) is 0 Å². The van der Waals surface area contributed by atoms with Crippen molar-refractivity contribution >= 4 is 12.4 Å². The van der Waals surface area contributed by atoms with Crippen molar-refractivity contribution in [3.05, 3.63) is 28.8 Å². The first-order valence-electron chi connectivity index (χ1n) is 5.49. The van der Waals surface area contributed by atoms with Crippen LogP contribution in [0.1, 0.15) is 37.0 Å². The second kappa shape index (κ2) is 4.64. The van der Waals surface area contributed by atoms with Gasteiger partial charge in [0.1, 0.15) is 5.75 Å². The molecule has 0 fully saturated rings. The van der Waals surface area contributed by atoms with Crippen LogP contribution in [0.4, 0.5) is 0 Å². The van der Waals surface area contributed by atoms with E-state index in [1.807, 2.05) is 6.07 Å². The lowest BCUT2D eigenvalue weighted by Gasteiger charge is -2.20. The highest BCUT2D eigenvalue weighted by molar-refractivity contribution is 5.85. The van der Waals surface area contributed by atoms with Gasteiger partial charge in [-0.3, -0.25) is 0 Å². The molecule has 0 saturated carbocycles. The average molecular weight is 242 g/mol. The van der Waals surface area contributed by atoms with E-state index in [-0.39, 0.29) is 12.4 Å². The lowest BCUT2D eigenvalue weighted by atomic mass is 9.86. The fourth-order valence-electron chi connectivity index (χ4n) is 2.58. The molecule has 90 valence electrons. The molecule has 1 aliphatic carbocycles. The van der Waals surface area contributed by atoms with Crippen molar-refractivity contribution in [2.75, 3.05) is 7.11 Å². The number of benzene rings is 1. The maximum atomic E-state index is 5.81. The van der Waals surface area contributed by atoms with Gasteiger partial charge in [0.15, 0.2) is 0 Å². The van der Waals surface area contributed by atoms with Crippen LogP contribution < -0.4 is 10.5 Å². The quantitative estimate of drug-likeness (QED) is 0.864. The second-order valence-electron chi connectivity index (χ2n) is 4.86. The number of ether oxygens (including phenoxy) is 1. The lowest BCUT2D eigenvalue weighted by Crippen LogP contribution is -2.12. The van der Waals surface area contributed by atoms with Gasteiger partial charge in [-0.1, -0.05) is 19.9 Å². The average Bonchev–Trinajstić information content (AvgIpc) is 2.53. The SMILES string of the molecule is COc1ccc2c(c1CN)CCC2(C)C.Cl. The van der Waals surface area contributed by atoms with Gasteiger partial charge >= 0.3 is 0 Å². The Morgan fingerprint density at radius 3 is 2.62 bits per heavy atom. The second-order valence-corrected chi connectivity index (χ2v) is 4.86. The number of rotatable bonds is 2. The minimum atomic E-state index is 0. The molecule has 2 nitrogen and oxygen atoms in total. The Bertz CT molecular complexity index is 388. The van der Waals surface area contributed by atoms with E-state index in [9.17, 15) is 0 Å². The zero-order valence-corrected chi connectivity index (χ0v) is 11.0. The third-order valence-electron chi connectivity index (χ3n) is 3.54. The topological polar surface area (TPSA) is 35.2 Å². The number of methoxy groups -OCH3 is 1. The van der Waals surface area contributed by atoms with Gasteiger partial charge in [-0.05, 0) is 35.4 Å². The van der Waals surface area contributed by atoms with Gasteiger partial charge in [0, 0.05) is 12.1 Å². The fraction of sp³-hybridized carbons (Fsp3) is 0.538. The maximum absolute atomic E-state index is 5.81. The van der Waals surface area contributed by atoms with Crippen LogP contribution in [0.25, 0.3) is 0 Å². The summed E-state index contributed by atoms with van der Waals surface area (Å²) in [6.45, 7) is 5.17. The molecule has 0 atom stereocenters. The first-order valence-corrected chi connectivity index (χ1v) is 5.49. The van der Waals surface area contributed by atoms with Crippen LogP contribution in [-0.2, 0) is 18.4 Å². The molecular formula is C13H20ClNO. The minimum absolute atomic E-state index is 0. The summed E-state index contributed by atoms with van der Waals surface area (Å²) in [5, 5.41) is 0. The van der Waals surface area contributed by atoms with Crippen molar-refractivity contribution in [2.45, 2.75) is 38.6 Å². The molecule has 0 spiro atoms. The van der Waals surface area contributed by atoms with Crippen molar-refractivity contribution in [1.82, 2.24) is 0 Å². The summed E-state index contributed by atoms with van der Waals surface area (Å²) >= 11 is 0. The third-order valence-corrected chi connectivity index (χ3v) is 3.54. The van der Waals surface area contributed by atoms with Crippen molar-refractivity contribution in [2.24, 2.45) is 5.73 Å². The summed E-state index contributed by atoms with van der Waals surface area (Å²) in [4.78, 5) is 0. The Balaban J connectivity index is 0.00000128. The van der Waals surface area contributed by atoms with Crippen LogP contribution in [0.2, 0.25) is 0 Å². The van der Waals surface area contributed by atoms with Crippen molar-refractivity contribution in [3.8, 4) is 5.75 Å². The molecule has 0 bridgehead atoms. The molecule has 1 aromatic carbocycles. The van der Waals surface area contributed by atoms with Crippen molar-refractivity contribution in [1.29, 1.82) is 0 Å². The summed E-state index contributed by atoms with van der Waals surface area (Å²) in [6, 6.07) is 4.24. The zero-order chi connectivity index (χ0) is 11.1. The molecule has 16 heavy (non-hydrogen) atoms. The van der Waals surface area contributed by atoms with E-state index < -0.39 is 0 Å². The maximum Gasteiger partial charge on any atom is 0.123 e. The van der Waals surface area contributed by atoms with E-state index in [4.69, 9.17) is 10.5 Å². The first kappa shape index (κ1) is 13.3. The predicted molar refractivity (Wildman–Crippen MR) is 69.5 cm³/mol. The van der Waals surface area contributed by atoms with Gasteiger partial charge in [-0.2, -0.15) is 0 Å². The third kappa shape index (κ3) is 1.92. The summed E-state index contributed by atoms with van der Waals surface area (Å²) < 4.78 is 5.35. The van der Waals surface area contributed by atoms with Gasteiger partial charge < -0.3 is 10.5 Å². The number of hydrogen-bond acceptors (Lipinski definition) is 2. The van der Waals surface area contributed by atoms with Crippen LogP contribution in [0.5, 0.6) is 5.75 Å².